The average molecular weight is 141 g/mol. The normalized spacial score (nSPS) is 12.5. The van der Waals surface area contributed by atoms with Crippen molar-refractivity contribution in [1.82, 2.24) is 4.90 Å². The summed E-state index contributed by atoms with van der Waals surface area (Å²) in [6, 6.07) is 0.209. The highest BCUT2D eigenvalue weighted by molar-refractivity contribution is 4.97. The highest BCUT2D eigenvalue weighted by atomic mass is 16.3. The molecule has 1 atom stereocenters. The van der Waals surface area contributed by atoms with Crippen molar-refractivity contribution < 1.29 is 5.11 Å². The molecule has 0 aromatic rings. The molecule has 0 aromatic carbocycles. The minimum atomic E-state index is 0.196. The second-order valence-corrected chi connectivity index (χ2v) is 2.37. The Morgan fingerprint density at radius 2 is 2.20 bits per heavy atom. The predicted molar refractivity (Wildman–Crippen MR) is 42.6 cm³/mol. The Bertz CT molecular complexity index is 134. The van der Waals surface area contributed by atoms with E-state index in [0.717, 1.165) is 6.54 Å². The van der Waals surface area contributed by atoms with Gasteiger partial charge in [-0.25, -0.2) is 0 Å². The Morgan fingerprint density at radius 1 is 1.60 bits per heavy atom. The van der Waals surface area contributed by atoms with E-state index >= 15 is 0 Å². The summed E-state index contributed by atoms with van der Waals surface area (Å²) in [5, 5.41) is 8.71. The summed E-state index contributed by atoms with van der Waals surface area (Å²) >= 11 is 0. The van der Waals surface area contributed by atoms with E-state index in [1.807, 2.05) is 25.8 Å². The molecule has 10 heavy (non-hydrogen) atoms. The SMILES string of the molecule is CC#CCN(C)C(C)CO. The molecule has 0 aromatic heterocycles. The van der Waals surface area contributed by atoms with Crippen molar-refractivity contribution in [3.05, 3.63) is 0 Å². The second kappa shape index (κ2) is 5.28. The van der Waals surface area contributed by atoms with Gasteiger partial charge in [-0.2, -0.15) is 0 Å². The molecular formula is C8H15NO. The molecule has 1 N–H and O–H groups in total. The summed E-state index contributed by atoms with van der Waals surface area (Å²) in [7, 11) is 1.95. The summed E-state index contributed by atoms with van der Waals surface area (Å²) < 4.78 is 0. The third kappa shape index (κ3) is 3.49. The maximum atomic E-state index is 8.71. The molecule has 2 heteroatoms. The van der Waals surface area contributed by atoms with Crippen LogP contribution in [-0.4, -0.2) is 36.2 Å². The van der Waals surface area contributed by atoms with Crippen LogP contribution >= 0.6 is 0 Å². The first-order valence-electron chi connectivity index (χ1n) is 3.43. The Hall–Kier alpha value is -0.520. The van der Waals surface area contributed by atoms with Gasteiger partial charge in [0.25, 0.3) is 0 Å². The minimum Gasteiger partial charge on any atom is -0.395 e. The highest BCUT2D eigenvalue weighted by Crippen LogP contribution is 1.91. The molecule has 0 aliphatic carbocycles. The van der Waals surface area contributed by atoms with Crippen LogP contribution in [0.15, 0.2) is 0 Å². The lowest BCUT2D eigenvalue weighted by Crippen LogP contribution is -2.32. The number of aliphatic hydroxyl groups excluding tert-OH is 1. The van der Waals surface area contributed by atoms with Crippen LogP contribution < -0.4 is 0 Å². The first kappa shape index (κ1) is 9.48. The first-order valence-corrected chi connectivity index (χ1v) is 3.43. The average Bonchev–Trinajstić information content (AvgIpc) is 1.98. The van der Waals surface area contributed by atoms with E-state index in [1.54, 1.807) is 0 Å². The fraction of sp³-hybridized carbons (Fsp3) is 0.750. The molecule has 0 saturated carbocycles. The third-order valence-electron chi connectivity index (χ3n) is 1.52. The van der Waals surface area contributed by atoms with Crippen LogP contribution in [-0.2, 0) is 0 Å². The molecule has 0 fully saturated rings. The second-order valence-electron chi connectivity index (χ2n) is 2.37. The first-order chi connectivity index (χ1) is 4.72. The van der Waals surface area contributed by atoms with Gasteiger partial charge in [-0.15, -0.1) is 5.92 Å². The molecule has 0 aliphatic rings. The standard InChI is InChI=1S/C8H15NO/c1-4-5-6-9(3)8(2)7-10/h8,10H,6-7H2,1-3H3. The van der Waals surface area contributed by atoms with Crippen molar-refractivity contribution in [2.75, 3.05) is 20.2 Å². The van der Waals surface area contributed by atoms with E-state index in [1.165, 1.54) is 0 Å². The predicted octanol–water partition coefficient (Wildman–Crippen LogP) is 0.322. The van der Waals surface area contributed by atoms with Crippen molar-refractivity contribution in [1.29, 1.82) is 0 Å². The lowest BCUT2D eigenvalue weighted by atomic mass is 10.3. The van der Waals surface area contributed by atoms with Gasteiger partial charge >= 0.3 is 0 Å². The summed E-state index contributed by atoms with van der Waals surface area (Å²) in [5.41, 5.74) is 0. The van der Waals surface area contributed by atoms with Crippen LogP contribution in [0, 0.1) is 11.8 Å². The molecule has 0 radical (unpaired) electrons. The zero-order valence-electron chi connectivity index (χ0n) is 6.89. The van der Waals surface area contributed by atoms with Crippen molar-refractivity contribution in [2.45, 2.75) is 19.9 Å². The monoisotopic (exact) mass is 141 g/mol. The van der Waals surface area contributed by atoms with Gasteiger partial charge in [0.2, 0.25) is 0 Å². The lowest BCUT2D eigenvalue weighted by molar-refractivity contribution is 0.171. The number of hydrogen-bond donors (Lipinski definition) is 1. The van der Waals surface area contributed by atoms with Crippen molar-refractivity contribution >= 4 is 0 Å². The Labute approximate surface area is 62.8 Å². The van der Waals surface area contributed by atoms with Gasteiger partial charge in [-0.05, 0) is 20.9 Å². The number of likely N-dealkylation sites (N-methyl/N-ethyl adjacent to an activating group) is 1. The van der Waals surface area contributed by atoms with Crippen LogP contribution in [0.3, 0.4) is 0 Å². The molecule has 1 unspecified atom stereocenters. The minimum absolute atomic E-state index is 0.196. The van der Waals surface area contributed by atoms with E-state index in [-0.39, 0.29) is 12.6 Å². The van der Waals surface area contributed by atoms with Gasteiger partial charge < -0.3 is 5.11 Å². The summed E-state index contributed by atoms with van der Waals surface area (Å²) in [4.78, 5) is 2.01. The highest BCUT2D eigenvalue weighted by Gasteiger charge is 2.03. The van der Waals surface area contributed by atoms with Gasteiger partial charge in [0.15, 0.2) is 0 Å². The van der Waals surface area contributed by atoms with Gasteiger partial charge in [0.1, 0.15) is 0 Å². The van der Waals surface area contributed by atoms with Gasteiger partial charge in [0.05, 0.1) is 13.2 Å². The Morgan fingerprint density at radius 3 is 2.60 bits per heavy atom. The van der Waals surface area contributed by atoms with E-state index in [9.17, 15) is 0 Å². The molecule has 0 spiro atoms. The van der Waals surface area contributed by atoms with Crippen LogP contribution in [0.5, 0.6) is 0 Å². The van der Waals surface area contributed by atoms with E-state index in [0.29, 0.717) is 0 Å². The number of aliphatic hydroxyl groups is 1. The summed E-state index contributed by atoms with van der Waals surface area (Å²) in [5.74, 6) is 5.73. The van der Waals surface area contributed by atoms with Crippen molar-refractivity contribution in [3.8, 4) is 11.8 Å². The molecule has 58 valence electrons. The summed E-state index contributed by atoms with van der Waals surface area (Å²) in [6.07, 6.45) is 0. The molecule has 0 rings (SSSR count). The maximum absolute atomic E-state index is 8.71. The largest absolute Gasteiger partial charge is 0.395 e. The van der Waals surface area contributed by atoms with Gasteiger partial charge in [-0.3, -0.25) is 4.90 Å². The van der Waals surface area contributed by atoms with Crippen LogP contribution in [0.25, 0.3) is 0 Å². The molecule has 2 nitrogen and oxygen atoms in total. The molecular weight excluding hydrogens is 126 g/mol. The van der Waals surface area contributed by atoms with E-state index in [4.69, 9.17) is 5.11 Å². The third-order valence-corrected chi connectivity index (χ3v) is 1.52. The van der Waals surface area contributed by atoms with Crippen molar-refractivity contribution in [3.63, 3.8) is 0 Å². The molecule has 0 bridgehead atoms. The van der Waals surface area contributed by atoms with E-state index < -0.39 is 0 Å². The van der Waals surface area contributed by atoms with Gasteiger partial charge in [0, 0.05) is 6.04 Å². The van der Waals surface area contributed by atoms with Crippen LogP contribution in [0.4, 0.5) is 0 Å². The zero-order valence-corrected chi connectivity index (χ0v) is 6.89. The Balaban J connectivity index is 3.57. The lowest BCUT2D eigenvalue weighted by Gasteiger charge is -2.19. The summed E-state index contributed by atoms with van der Waals surface area (Å²) in [6.45, 7) is 4.72. The molecule has 0 amide bonds. The molecule has 0 heterocycles. The topological polar surface area (TPSA) is 23.5 Å². The fourth-order valence-electron chi connectivity index (χ4n) is 0.499. The van der Waals surface area contributed by atoms with Gasteiger partial charge in [-0.1, -0.05) is 5.92 Å². The molecule has 0 aliphatic heterocycles. The van der Waals surface area contributed by atoms with Crippen molar-refractivity contribution in [2.24, 2.45) is 0 Å². The quantitative estimate of drug-likeness (QED) is 0.572. The van der Waals surface area contributed by atoms with E-state index in [2.05, 4.69) is 11.8 Å². The molecule has 0 saturated heterocycles. The fourth-order valence-corrected chi connectivity index (χ4v) is 0.499. The number of rotatable bonds is 3. The Kier molecular flexibility index (Phi) is 5.00. The van der Waals surface area contributed by atoms with Crippen LogP contribution in [0.2, 0.25) is 0 Å². The number of nitrogens with zero attached hydrogens (tertiary/aromatic N) is 1. The number of hydrogen-bond acceptors (Lipinski definition) is 2. The zero-order chi connectivity index (χ0) is 7.98. The maximum Gasteiger partial charge on any atom is 0.0602 e. The smallest absolute Gasteiger partial charge is 0.0602 e. The van der Waals surface area contributed by atoms with Crippen LogP contribution in [0.1, 0.15) is 13.8 Å².